The van der Waals surface area contributed by atoms with Crippen LogP contribution in [0.3, 0.4) is 0 Å². The minimum atomic E-state index is -0.458. The number of aliphatic hydroxyl groups is 1. The molecule has 1 aromatic carbocycles. The monoisotopic (exact) mass is 292 g/mol. The van der Waals surface area contributed by atoms with Crippen molar-refractivity contribution in [2.45, 2.75) is 33.0 Å². The van der Waals surface area contributed by atoms with Crippen LogP contribution in [0.5, 0.6) is 0 Å². The molecule has 21 heavy (non-hydrogen) atoms. The predicted octanol–water partition coefficient (Wildman–Crippen LogP) is 2.14. The molecule has 0 saturated carbocycles. The second-order valence-electron chi connectivity index (χ2n) is 6.48. The third-order valence-corrected chi connectivity index (χ3v) is 3.35. The van der Waals surface area contributed by atoms with Gasteiger partial charge in [-0.2, -0.15) is 0 Å². The lowest BCUT2D eigenvalue weighted by Crippen LogP contribution is -2.52. The molecule has 1 saturated heterocycles. The fourth-order valence-corrected chi connectivity index (χ4v) is 2.30. The van der Waals surface area contributed by atoms with E-state index in [4.69, 9.17) is 9.84 Å². The molecule has 0 aliphatic carbocycles. The van der Waals surface area contributed by atoms with Crippen LogP contribution in [0.15, 0.2) is 24.3 Å². The van der Waals surface area contributed by atoms with Gasteiger partial charge in [0.2, 0.25) is 0 Å². The maximum Gasteiger partial charge on any atom is 0.407 e. The van der Waals surface area contributed by atoms with Gasteiger partial charge < -0.3 is 20.1 Å². The SMILES string of the molecule is CC(C)(C)OC(=O)NCC1CN(c2cccc(CO)c2)C1. The summed E-state index contributed by atoms with van der Waals surface area (Å²) in [5, 5.41) is 12.0. The van der Waals surface area contributed by atoms with Gasteiger partial charge in [0.1, 0.15) is 5.60 Å². The molecule has 0 atom stereocenters. The lowest BCUT2D eigenvalue weighted by atomic mass is 9.99. The first-order valence-electron chi connectivity index (χ1n) is 7.29. The number of carbonyl (C=O) groups is 1. The van der Waals surface area contributed by atoms with Crippen molar-refractivity contribution in [2.24, 2.45) is 5.92 Å². The minimum Gasteiger partial charge on any atom is -0.444 e. The van der Waals surface area contributed by atoms with Gasteiger partial charge in [0.25, 0.3) is 0 Å². The molecular formula is C16H24N2O3. The largest absolute Gasteiger partial charge is 0.444 e. The number of rotatable bonds is 4. The summed E-state index contributed by atoms with van der Waals surface area (Å²) in [6.07, 6.45) is -0.358. The molecule has 116 valence electrons. The Kier molecular flexibility index (Phi) is 4.73. The van der Waals surface area contributed by atoms with E-state index in [9.17, 15) is 4.79 Å². The Hall–Kier alpha value is -1.75. The maximum absolute atomic E-state index is 11.6. The second kappa shape index (κ2) is 6.35. The highest BCUT2D eigenvalue weighted by Gasteiger charge is 2.27. The normalized spacial score (nSPS) is 15.5. The van der Waals surface area contributed by atoms with Crippen LogP contribution in [0, 0.1) is 5.92 Å². The van der Waals surface area contributed by atoms with Crippen molar-refractivity contribution in [1.82, 2.24) is 5.32 Å². The zero-order valence-electron chi connectivity index (χ0n) is 12.9. The summed E-state index contributed by atoms with van der Waals surface area (Å²) >= 11 is 0. The van der Waals surface area contributed by atoms with Crippen LogP contribution in [0.25, 0.3) is 0 Å². The topological polar surface area (TPSA) is 61.8 Å². The van der Waals surface area contributed by atoms with Crippen LogP contribution < -0.4 is 10.2 Å². The van der Waals surface area contributed by atoms with E-state index >= 15 is 0 Å². The van der Waals surface area contributed by atoms with Crippen molar-refractivity contribution in [1.29, 1.82) is 0 Å². The van der Waals surface area contributed by atoms with Crippen LogP contribution in [-0.4, -0.2) is 36.4 Å². The van der Waals surface area contributed by atoms with Gasteiger partial charge in [-0.05, 0) is 38.5 Å². The minimum absolute atomic E-state index is 0.0608. The predicted molar refractivity (Wildman–Crippen MR) is 82.3 cm³/mol. The zero-order chi connectivity index (χ0) is 15.5. The number of anilines is 1. The van der Waals surface area contributed by atoms with E-state index in [1.165, 1.54) is 0 Å². The third kappa shape index (κ3) is 4.63. The molecule has 2 rings (SSSR count). The van der Waals surface area contributed by atoms with E-state index in [2.05, 4.69) is 10.2 Å². The lowest BCUT2D eigenvalue weighted by molar-refractivity contribution is 0.0516. The third-order valence-electron chi connectivity index (χ3n) is 3.35. The Morgan fingerprint density at radius 2 is 2.14 bits per heavy atom. The van der Waals surface area contributed by atoms with Crippen LogP contribution in [0.2, 0.25) is 0 Å². The number of benzene rings is 1. The summed E-state index contributed by atoms with van der Waals surface area (Å²) in [5.74, 6) is 0.440. The summed E-state index contributed by atoms with van der Waals surface area (Å²) in [6, 6.07) is 7.90. The molecule has 2 N–H and O–H groups in total. The fourth-order valence-electron chi connectivity index (χ4n) is 2.30. The van der Waals surface area contributed by atoms with E-state index < -0.39 is 5.60 Å². The van der Waals surface area contributed by atoms with Gasteiger partial charge >= 0.3 is 6.09 Å². The number of hydrogen-bond donors (Lipinski definition) is 2. The Balaban J connectivity index is 1.73. The maximum atomic E-state index is 11.6. The molecule has 0 bridgehead atoms. The van der Waals surface area contributed by atoms with Crippen molar-refractivity contribution >= 4 is 11.8 Å². The summed E-state index contributed by atoms with van der Waals surface area (Å²) in [5.41, 5.74) is 1.58. The number of nitrogens with zero attached hydrogens (tertiary/aromatic N) is 1. The average Bonchev–Trinajstić information content (AvgIpc) is 2.35. The van der Waals surface area contributed by atoms with Gasteiger partial charge in [-0.3, -0.25) is 0 Å². The van der Waals surface area contributed by atoms with E-state index in [1.54, 1.807) is 0 Å². The van der Waals surface area contributed by atoms with Crippen molar-refractivity contribution in [2.75, 3.05) is 24.5 Å². The van der Waals surface area contributed by atoms with Gasteiger partial charge in [-0.15, -0.1) is 0 Å². The highest BCUT2D eigenvalue weighted by atomic mass is 16.6. The van der Waals surface area contributed by atoms with Crippen molar-refractivity contribution in [3.05, 3.63) is 29.8 Å². The molecular weight excluding hydrogens is 268 g/mol. The highest BCUT2D eigenvalue weighted by Crippen LogP contribution is 2.25. The molecule has 5 nitrogen and oxygen atoms in total. The van der Waals surface area contributed by atoms with Crippen molar-refractivity contribution in [3.63, 3.8) is 0 Å². The number of carbonyl (C=O) groups excluding carboxylic acids is 1. The van der Waals surface area contributed by atoms with Gasteiger partial charge in [0, 0.05) is 31.2 Å². The summed E-state index contributed by atoms with van der Waals surface area (Å²) in [4.78, 5) is 13.8. The fraction of sp³-hybridized carbons (Fsp3) is 0.562. The highest BCUT2D eigenvalue weighted by molar-refractivity contribution is 5.67. The summed E-state index contributed by atoms with van der Waals surface area (Å²) in [7, 11) is 0. The number of aliphatic hydroxyl groups excluding tert-OH is 1. The number of nitrogens with one attached hydrogen (secondary N) is 1. The number of ether oxygens (including phenoxy) is 1. The Bertz CT molecular complexity index is 491. The standard InChI is InChI=1S/C16H24N2O3/c1-16(2,3)21-15(20)17-8-13-9-18(10-13)14-6-4-5-12(7-14)11-19/h4-7,13,19H,8-11H2,1-3H3,(H,17,20). The van der Waals surface area contributed by atoms with E-state index in [1.807, 2.05) is 45.0 Å². The first-order valence-corrected chi connectivity index (χ1v) is 7.29. The van der Waals surface area contributed by atoms with Gasteiger partial charge in [-0.25, -0.2) is 4.79 Å². The average molecular weight is 292 g/mol. The van der Waals surface area contributed by atoms with E-state index in [0.29, 0.717) is 12.5 Å². The van der Waals surface area contributed by atoms with E-state index in [0.717, 1.165) is 24.3 Å². The first kappa shape index (κ1) is 15.6. The molecule has 1 aliphatic heterocycles. The van der Waals surface area contributed by atoms with Crippen molar-refractivity contribution in [3.8, 4) is 0 Å². The number of hydrogen-bond acceptors (Lipinski definition) is 4. The molecule has 1 aromatic rings. The molecule has 1 heterocycles. The molecule has 1 fully saturated rings. The molecule has 0 unspecified atom stereocenters. The summed E-state index contributed by atoms with van der Waals surface area (Å²) in [6.45, 7) is 8.06. The molecule has 0 aromatic heterocycles. The molecule has 0 radical (unpaired) electrons. The van der Waals surface area contributed by atoms with Gasteiger partial charge in [-0.1, -0.05) is 12.1 Å². The molecule has 0 spiro atoms. The van der Waals surface area contributed by atoms with Crippen LogP contribution in [-0.2, 0) is 11.3 Å². The Morgan fingerprint density at radius 1 is 1.43 bits per heavy atom. The Morgan fingerprint density at radius 3 is 2.76 bits per heavy atom. The van der Waals surface area contributed by atoms with Gasteiger partial charge in [0.05, 0.1) is 6.61 Å². The van der Waals surface area contributed by atoms with Crippen LogP contribution >= 0.6 is 0 Å². The molecule has 1 aliphatic rings. The molecule has 1 amide bonds. The molecule has 5 heteroatoms. The Labute approximate surface area is 125 Å². The van der Waals surface area contributed by atoms with Crippen LogP contribution in [0.1, 0.15) is 26.3 Å². The second-order valence-corrected chi connectivity index (χ2v) is 6.48. The number of alkyl carbamates (subject to hydrolysis) is 1. The zero-order valence-corrected chi connectivity index (χ0v) is 12.9. The lowest BCUT2D eigenvalue weighted by Gasteiger charge is -2.41. The van der Waals surface area contributed by atoms with Gasteiger partial charge in [0.15, 0.2) is 0 Å². The van der Waals surface area contributed by atoms with Crippen LogP contribution in [0.4, 0.5) is 10.5 Å². The quantitative estimate of drug-likeness (QED) is 0.892. The smallest absolute Gasteiger partial charge is 0.407 e. The van der Waals surface area contributed by atoms with E-state index in [-0.39, 0.29) is 12.7 Å². The number of amides is 1. The summed E-state index contributed by atoms with van der Waals surface area (Å²) < 4.78 is 5.21. The first-order chi connectivity index (χ1) is 9.87. The van der Waals surface area contributed by atoms with Crippen molar-refractivity contribution < 1.29 is 14.6 Å².